The van der Waals surface area contributed by atoms with E-state index in [9.17, 15) is 8.78 Å². The van der Waals surface area contributed by atoms with Gasteiger partial charge in [-0.3, -0.25) is 0 Å². The SMILES string of the molecule is CC(C)CNCC(Cc1c(F)ccc(Br)c1F)C(C)(C)C. The van der Waals surface area contributed by atoms with Gasteiger partial charge in [0.25, 0.3) is 0 Å². The molecule has 1 N–H and O–H groups in total. The monoisotopic (exact) mass is 361 g/mol. The topological polar surface area (TPSA) is 12.0 Å². The molecule has 4 heteroatoms. The van der Waals surface area contributed by atoms with Crippen molar-refractivity contribution < 1.29 is 8.78 Å². The van der Waals surface area contributed by atoms with Crippen LogP contribution in [0.3, 0.4) is 0 Å². The van der Waals surface area contributed by atoms with Gasteiger partial charge in [0.05, 0.1) is 4.47 Å². The second kappa shape index (κ2) is 7.68. The zero-order valence-electron chi connectivity index (χ0n) is 13.6. The van der Waals surface area contributed by atoms with E-state index in [2.05, 4.69) is 55.9 Å². The summed E-state index contributed by atoms with van der Waals surface area (Å²) in [5, 5.41) is 3.41. The Kier molecular flexibility index (Phi) is 6.79. The predicted molar refractivity (Wildman–Crippen MR) is 88.4 cm³/mol. The molecule has 0 amide bonds. The van der Waals surface area contributed by atoms with Crippen molar-refractivity contribution in [2.24, 2.45) is 17.3 Å². The van der Waals surface area contributed by atoms with E-state index in [0.717, 1.165) is 13.1 Å². The van der Waals surface area contributed by atoms with Crippen molar-refractivity contribution in [2.45, 2.75) is 41.0 Å². The Labute approximate surface area is 135 Å². The summed E-state index contributed by atoms with van der Waals surface area (Å²) in [6.07, 6.45) is 0.395. The van der Waals surface area contributed by atoms with Crippen LogP contribution in [0, 0.1) is 28.9 Å². The van der Waals surface area contributed by atoms with Crippen LogP contribution in [0.5, 0.6) is 0 Å². The number of hydrogen-bond acceptors (Lipinski definition) is 1. The number of benzene rings is 1. The summed E-state index contributed by atoms with van der Waals surface area (Å²) >= 11 is 3.14. The van der Waals surface area contributed by atoms with Crippen LogP contribution in [-0.2, 0) is 6.42 Å². The maximum absolute atomic E-state index is 14.2. The van der Waals surface area contributed by atoms with E-state index in [4.69, 9.17) is 0 Å². The van der Waals surface area contributed by atoms with Crippen molar-refractivity contribution >= 4 is 15.9 Å². The minimum Gasteiger partial charge on any atom is -0.316 e. The summed E-state index contributed by atoms with van der Waals surface area (Å²) in [6, 6.07) is 2.74. The minimum atomic E-state index is -0.479. The van der Waals surface area contributed by atoms with Crippen molar-refractivity contribution in [1.82, 2.24) is 5.32 Å². The van der Waals surface area contributed by atoms with Gasteiger partial charge in [-0.05, 0) is 64.8 Å². The molecule has 1 aromatic rings. The van der Waals surface area contributed by atoms with E-state index in [1.165, 1.54) is 12.1 Å². The summed E-state index contributed by atoms with van der Waals surface area (Å²) in [7, 11) is 0. The molecular formula is C17H26BrF2N. The van der Waals surface area contributed by atoms with E-state index >= 15 is 0 Å². The van der Waals surface area contributed by atoms with Crippen molar-refractivity contribution in [3.05, 3.63) is 33.8 Å². The van der Waals surface area contributed by atoms with Crippen LogP contribution in [0.15, 0.2) is 16.6 Å². The first kappa shape index (κ1) is 18.6. The van der Waals surface area contributed by atoms with E-state index in [-0.39, 0.29) is 16.9 Å². The second-order valence-corrected chi connectivity index (χ2v) is 8.00. The number of rotatable bonds is 6. The van der Waals surface area contributed by atoms with Crippen molar-refractivity contribution in [3.8, 4) is 0 Å². The molecule has 0 aliphatic carbocycles. The van der Waals surface area contributed by atoms with Crippen LogP contribution in [0.1, 0.15) is 40.2 Å². The Morgan fingerprint density at radius 3 is 2.29 bits per heavy atom. The average molecular weight is 362 g/mol. The third-order valence-corrected chi connectivity index (χ3v) is 4.37. The fourth-order valence-corrected chi connectivity index (χ4v) is 2.60. The third-order valence-electron chi connectivity index (χ3n) is 3.76. The van der Waals surface area contributed by atoms with Crippen LogP contribution in [0.2, 0.25) is 0 Å². The molecule has 0 spiro atoms. The maximum atomic E-state index is 14.2. The molecule has 0 heterocycles. The number of nitrogens with one attached hydrogen (secondary N) is 1. The standard InChI is InChI=1S/C17H26BrF2N/c1-11(2)9-21-10-12(17(3,4)5)8-13-15(19)7-6-14(18)16(13)20/h6-7,11-12,21H,8-10H2,1-5H3. The Bertz CT molecular complexity index is 467. The fourth-order valence-electron chi connectivity index (χ4n) is 2.23. The van der Waals surface area contributed by atoms with Gasteiger partial charge in [0.1, 0.15) is 11.6 Å². The lowest BCUT2D eigenvalue weighted by Gasteiger charge is -2.31. The van der Waals surface area contributed by atoms with Crippen molar-refractivity contribution in [3.63, 3.8) is 0 Å². The van der Waals surface area contributed by atoms with Gasteiger partial charge in [-0.1, -0.05) is 34.6 Å². The highest BCUT2D eigenvalue weighted by atomic mass is 79.9. The van der Waals surface area contributed by atoms with Crippen LogP contribution in [-0.4, -0.2) is 13.1 Å². The summed E-state index contributed by atoms with van der Waals surface area (Å²) in [5.74, 6) is -0.221. The molecule has 0 aromatic heterocycles. The van der Waals surface area contributed by atoms with Crippen molar-refractivity contribution in [1.29, 1.82) is 0 Å². The summed E-state index contributed by atoms with van der Waals surface area (Å²) in [4.78, 5) is 0. The smallest absolute Gasteiger partial charge is 0.143 e. The molecule has 0 radical (unpaired) electrons. The molecule has 1 unspecified atom stereocenters. The predicted octanol–water partition coefficient (Wildman–Crippen LogP) is 5.18. The summed E-state index contributed by atoms with van der Waals surface area (Å²) in [6.45, 7) is 12.3. The molecule has 0 aliphatic rings. The van der Waals surface area contributed by atoms with Crippen LogP contribution < -0.4 is 5.32 Å². The highest BCUT2D eigenvalue weighted by Crippen LogP contribution is 2.32. The fraction of sp³-hybridized carbons (Fsp3) is 0.647. The van der Waals surface area contributed by atoms with Gasteiger partial charge in [0, 0.05) is 5.56 Å². The summed E-state index contributed by atoms with van der Waals surface area (Å²) < 4.78 is 28.4. The molecule has 21 heavy (non-hydrogen) atoms. The van der Waals surface area contributed by atoms with Crippen LogP contribution >= 0.6 is 15.9 Å². The van der Waals surface area contributed by atoms with E-state index < -0.39 is 11.6 Å². The Hall–Kier alpha value is -0.480. The van der Waals surface area contributed by atoms with Gasteiger partial charge >= 0.3 is 0 Å². The first-order valence-corrected chi connectivity index (χ1v) is 8.25. The highest BCUT2D eigenvalue weighted by Gasteiger charge is 2.27. The molecule has 0 aliphatic heterocycles. The van der Waals surface area contributed by atoms with Crippen LogP contribution in [0.4, 0.5) is 8.78 Å². The van der Waals surface area contributed by atoms with E-state index in [1.54, 1.807) is 0 Å². The lowest BCUT2D eigenvalue weighted by atomic mass is 9.77. The summed E-state index contributed by atoms with van der Waals surface area (Å²) in [5.41, 5.74) is 0.154. The molecule has 0 fully saturated rings. The second-order valence-electron chi connectivity index (χ2n) is 7.14. The maximum Gasteiger partial charge on any atom is 0.143 e. The first-order valence-electron chi connectivity index (χ1n) is 7.46. The lowest BCUT2D eigenvalue weighted by molar-refractivity contribution is 0.225. The van der Waals surface area contributed by atoms with E-state index in [1.807, 2.05) is 0 Å². The number of halogens is 3. The largest absolute Gasteiger partial charge is 0.316 e. The van der Waals surface area contributed by atoms with Gasteiger partial charge in [0.2, 0.25) is 0 Å². The minimum absolute atomic E-state index is 0.0226. The molecule has 0 bridgehead atoms. The Morgan fingerprint density at radius 1 is 1.14 bits per heavy atom. The molecule has 1 rings (SSSR count). The molecule has 0 saturated carbocycles. The molecule has 1 aromatic carbocycles. The zero-order valence-corrected chi connectivity index (χ0v) is 15.2. The van der Waals surface area contributed by atoms with E-state index in [0.29, 0.717) is 16.8 Å². The Morgan fingerprint density at radius 2 is 1.76 bits per heavy atom. The lowest BCUT2D eigenvalue weighted by Crippen LogP contribution is -2.35. The third kappa shape index (κ3) is 5.67. The van der Waals surface area contributed by atoms with Gasteiger partial charge < -0.3 is 5.32 Å². The molecule has 1 nitrogen and oxygen atoms in total. The van der Waals surface area contributed by atoms with Crippen LogP contribution in [0.25, 0.3) is 0 Å². The zero-order chi connectivity index (χ0) is 16.2. The van der Waals surface area contributed by atoms with Crippen molar-refractivity contribution in [2.75, 3.05) is 13.1 Å². The number of hydrogen-bond donors (Lipinski definition) is 1. The molecule has 0 saturated heterocycles. The van der Waals surface area contributed by atoms with Gasteiger partial charge in [0.15, 0.2) is 0 Å². The highest BCUT2D eigenvalue weighted by molar-refractivity contribution is 9.10. The molecule has 1 atom stereocenters. The quantitative estimate of drug-likeness (QED) is 0.688. The normalized spacial score (nSPS) is 13.8. The molecular weight excluding hydrogens is 336 g/mol. The molecule has 120 valence electrons. The van der Waals surface area contributed by atoms with Gasteiger partial charge in [-0.2, -0.15) is 0 Å². The van der Waals surface area contributed by atoms with Gasteiger partial charge in [-0.25, -0.2) is 8.78 Å². The average Bonchev–Trinajstić information content (AvgIpc) is 2.35. The first-order chi connectivity index (χ1) is 9.62. The Balaban J connectivity index is 2.89. The van der Waals surface area contributed by atoms with Gasteiger partial charge in [-0.15, -0.1) is 0 Å².